The molecule has 21 heavy (non-hydrogen) atoms. The largest absolute Gasteiger partial charge is 0.398 e. The lowest BCUT2D eigenvalue weighted by Crippen LogP contribution is -2.15. The first kappa shape index (κ1) is 15.4. The molecule has 3 nitrogen and oxygen atoms in total. The first-order valence-corrected chi connectivity index (χ1v) is 7.49. The Kier molecular flexibility index (Phi) is 4.85. The summed E-state index contributed by atoms with van der Waals surface area (Å²) in [5, 5.41) is 2.85. The fourth-order valence-electron chi connectivity index (χ4n) is 1.92. The number of carbonyl (C=O) groups excluding carboxylic acids is 1. The molecule has 2 aromatic carbocycles. The quantitative estimate of drug-likeness (QED) is 0.668. The lowest BCUT2D eigenvalue weighted by atomic mass is 10.1. The van der Waals surface area contributed by atoms with Gasteiger partial charge in [0, 0.05) is 16.3 Å². The van der Waals surface area contributed by atoms with Crippen LogP contribution in [-0.2, 0) is 4.79 Å². The van der Waals surface area contributed by atoms with E-state index in [4.69, 9.17) is 5.73 Å². The average Bonchev–Trinajstić information content (AvgIpc) is 2.43. The highest BCUT2D eigenvalue weighted by molar-refractivity contribution is 8.00. The Morgan fingerprint density at radius 2 is 2.00 bits per heavy atom. The molecule has 0 aliphatic heterocycles. The number of carbonyl (C=O) groups is 1. The highest BCUT2D eigenvalue weighted by Crippen LogP contribution is 2.26. The summed E-state index contributed by atoms with van der Waals surface area (Å²) in [5.74, 6) is -0.321. The van der Waals surface area contributed by atoms with Gasteiger partial charge in [-0.05, 0) is 43.7 Å². The van der Waals surface area contributed by atoms with Crippen LogP contribution >= 0.6 is 11.8 Å². The van der Waals surface area contributed by atoms with Crippen molar-refractivity contribution in [1.29, 1.82) is 0 Å². The molecule has 0 aliphatic rings. The number of aryl methyl sites for hydroxylation is 2. The van der Waals surface area contributed by atoms with Gasteiger partial charge in [0.25, 0.3) is 0 Å². The number of hydrogen-bond donors (Lipinski definition) is 2. The van der Waals surface area contributed by atoms with Gasteiger partial charge in [-0.25, -0.2) is 4.39 Å². The maximum Gasteiger partial charge on any atom is 0.234 e. The van der Waals surface area contributed by atoms with Gasteiger partial charge in [0.2, 0.25) is 5.91 Å². The molecule has 2 aromatic rings. The molecule has 0 saturated carbocycles. The van der Waals surface area contributed by atoms with E-state index in [0.717, 1.165) is 16.8 Å². The average molecular weight is 304 g/mol. The summed E-state index contributed by atoms with van der Waals surface area (Å²) in [4.78, 5) is 12.5. The molecule has 5 heteroatoms. The summed E-state index contributed by atoms with van der Waals surface area (Å²) in [6, 6.07) is 9.97. The first-order chi connectivity index (χ1) is 9.95. The number of thioether (sulfide) groups is 1. The molecule has 0 heterocycles. The maximum absolute atomic E-state index is 13.1. The van der Waals surface area contributed by atoms with Crippen LogP contribution in [0.1, 0.15) is 11.1 Å². The van der Waals surface area contributed by atoms with Crippen LogP contribution in [0.4, 0.5) is 15.8 Å². The van der Waals surface area contributed by atoms with Crippen molar-refractivity contribution in [2.24, 2.45) is 0 Å². The number of rotatable bonds is 4. The smallest absolute Gasteiger partial charge is 0.234 e. The molecule has 0 atom stereocenters. The van der Waals surface area contributed by atoms with Crippen molar-refractivity contribution >= 4 is 29.0 Å². The fraction of sp³-hybridized carbons (Fsp3) is 0.188. The Labute approximate surface area is 127 Å². The third-order valence-electron chi connectivity index (χ3n) is 2.99. The van der Waals surface area contributed by atoms with Crippen molar-refractivity contribution < 1.29 is 9.18 Å². The van der Waals surface area contributed by atoms with Crippen molar-refractivity contribution in [3.05, 3.63) is 53.3 Å². The van der Waals surface area contributed by atoms with Crippen molar-refractivity contribution in [3.8, 4) is 0 Å². The zero-order valence-corrected chi connectivity index (χ0v) is 12.8. The normalized spacial score (nSPS) is 10.4. The molecule has 0 saturated heterocycles. The molecule has 0 aliphatic carbocycles. The number of nitrogen functional groups attached to an aromatic ring is 1. The van der Waals surface area contributed by atoms with Gasteiger partial charge in [0.05, 0.1) is 5.75 Å². The van der Waals surface area contributed by atoms with Crippen molar-refractivity contribution in [2.75, 3.05) is 16.8 Å². The van der Waals surface area contributed by atoms with E-state index in [1.54, 1.807) is 0 Å². The topological polar surface area (TPSA) is 55.1 Å². The first-order valence-electron chi connectivity index (χ1n) is 6.50. The zero-order valence-electron chi connectivity index (χ0n) is 11.9. The van der Waals surface area contributed by atoms with Gasteiger partial charge in [-0.3, -0.25) is 4.79 Å². The molecule has 0 spiro atoms. The molecule has 0 fully saturated rings. The molecule has 110 valence electrons. The Morgan fingerprint density at radius 1 is 1.24 bits per heavy atom. The van der Waals surface area contributed by atoms with Crippen LogP contribution < -0.4 is 11.1 Å². The number of nitrogens with one attached hydrogen (secondary N) is 1. The van der Waals surface area contributed by atoms with Gasteiger partial charge in [-0.2, -0.15) is 0 Å². The molecule has 0 radical (unpaired) electrons. The number of anilines is 2. The van der Waals surface area contributed by atoms with Crippen LogP contribution in [0.25, 0.3) is 0 Å². The lowest BCUT2D eigenvalue weighted by Gasteiger charge is -2.09. The molecule has 1 amide bonds. The summed E-state index contributed by atoms with van der Waals surface area (Å²) in [7, 11) is 0. The van der Waals surface area contributed by atoms with E-state index >= 15 is 0 Å². The molecule has 2 rings (SSSR count). The van der Waals surface area contributed by atoms with Crippen molar-refractivity contribution in [1.82, 2.24) is 0 Å². The fourth-order valence-corrected chi connectivity index (χ4v) is 2.71. The van der Waals surface area contributed by atoms with Crippen molar-refractivity contribution in [3.63, 3.8) is 0 Å². The van der Waals surface area contributed by atoms with E-state index in [1.807, 2.05) is 32.0 Å². The summed E-state index contributed by atoms with van der Waals surface area (Å²) >= 11 is 1.22. The number of nitrogens with two attached hydrogens (primary N) is 1. The van der Waals surface area contributed by atoms with E-state index in [1.165, 1.54) is 30.0 Å². The molecule has 0 bridgehead atoms. The Balaban J connectivity index is 1.97. The third-order valence-corrected chi connectivity index (χ3v) is 4.06. The molecule has 3 N–H and O–H groups in total. The monoisotopic (exact) mass is 304 g/mol. The van der Waals surface area contributed by atoms with Crippen LogP contribution in [0.5, 0.6) is 0 Å². The van der Waals surface area contributed by atoms with Gasteiger partial charge < -0.3 is 11.1 Å². The third kappa shape index (κ3) is 4.23. The van der Waals surface area contributed by atoms with E-state index in [2.05, 4.69) is 5.32 Å². The number of amides is 1. The van der Waals surface area contributed by atoms with Crippen LogP contribution in [0.2, 0.25) is 0 Å². The van der Waals surface area contributed by atoms with Gasteiger partial charge in [-0.15, -0.1) is 11.8 Å². The van der Waals surface area contributed by atoms with Crippen LogP contribution in [0.3, 0.4) is 0 Å². The summed E-state index contributed by atoms with van der Waals surface area (Å²) < 4.78 is 13.1. The minimum absolute atomic E-state index is 0.143. The van der Waals surface area contributed by atoms with Gasteiger partial charge in [0.15, 0.2) is 0 Å². The van der Waals surface area contributed by atoms with E-state index in [9.17, 15) is 9.18 Å². The predicted molar refractivity (Wildman–Crippen MR) is 86.1 cm³/mol. The predicted octanol–water partition coefficient (Wildman–Crippen LogP) is 3.76. The van der Waals surface area contributed by atoms with E-state index in [0.29, 0.717) is 10.6 Å². The number of benzene rings is 2. The minimum Gasteiger partial charge on any atom is -0.398 e. The lowest BCUT2D eigenvalue weighted by molar-refractivity contribution is -0.113. The zero-order chi connectivity index (χ0) is 15.4. The summed E-state index contributed by atoms with van der Waals surface area (Å²) in [5.41, 5.74) is 9.17. The number of halogens is 1. The highest BCUT2D eigenvalue weighted by Gasteiger charge is 2.08. The van der Waals surface area contributed by atoms with Crippen LogP contribution in [-0.4, -0.2) is 11.7 Å². The Bertz CT molecular complexity index is 673. The Morgan fingerprint density at radius 3 is 2.71 bits per heavy atom. The molecular formula is C16H17FN2OS. The van der Waals surface area contributed by atoms with E-state index in [-0.39, 0.29) is 17.5 Å². The second-order valence-corrected chi connectivity index (χ2v) is 5.85. The summed E-state index contributed by atoms with van der Waals surface area (Å²) in [6.07, 6.45) is 0. The second kappa shape index (κ2) is 6.63. The molecule has 0 aromatic heterocycles. The maximum atomic E-state index is 13.1. The number of hydrogen-bond acceptors (Lipinski definition) is 3. The molecule has 0 unspecified atom stereocenters. The highest BCUT2D eigenvalue weighted by atomic mass is 32.2. The Hall–Kier alpha value is -2.01. The van der Waals surface area contributed by atoms with Gasteiger partial charge in [0.1, 0.15) is 5.82 Å². The SMILES string of the molecule is Cc1ccc(NC(=O)CSc2cc(F)ccc2N)c(C)c1. The van der Waals surface area contributed by atoms with Gasteiger partial charge >= 0.3 is 0 Å². The standard InChI is InChI=1S/C16H17FN2OS/c1-10-3-6-14(11(2)7-10)19-16(20)9-21-15-8-12(17)4-5-13(15)18/h3-8H,9,18H2,1-2H3,(H,19,20). The van der Waals surface area contributed by atoms with Crippen LogP contribution in [0, 0.1) is 19.7 Å². The molecular weight excluding hydrogens is 287 g/mol. The van der Waals surface area contributed by atoms with Gasteiger partial charge in [-0.1, -0.05) is 17.7 Å². The minimum atomic E-state index is -0.360. The van der Waals surface area contributed by atoms with Crippen LogP contribution in [0.15, 0.2) is 41.3 Å². The summed E-state index contributed by atoms with van der Waals surface area (Å²) in [6.45, 7) is 3.95. The van der Waals surface area contributed by atoms with E-state index < -0.39 is 0 Å². The second-order valence-electron chi connectivity index (χ2n) is 4.84. The van der Waals surface area contributed by atoms with Crippen molar-refractivity contribution in [2.45, 2.75) is 18.7 Å².